The van der Waals surface area contributed by atoms with Crippen molar-refractivity contribution in [2.45, 2.75) is 25.3 Å². The molecule has 2 aliphatic rings. The second kappa shape index (κ2) is 5.05. The number of phenols is 1. The third-order valence-corrected chi connectivity index (χ3v) is 4.82. The average molecular weight is 279 g/mol. The summed E-state index contributed by atoms with van der Waals surface area (Å²) in [5, 5.41) is 21.9. The molecule has 1 amide bonds. The molecule has 108 valence electrons. The maximum Gasteiger partial charge on any atom is 0.258 e. The molecule has 2 bridgehead atoms. The normalized spacial score (nSPS) is 31.5. The fourth-order valence-electron chi connectivity index (χ4n) is 3.86. The fourth-order valence-corrected chi connectivity index (χ4v) is 3.86. The summed E-state index contributed by atoms with van der Waals surface area (Å²) in [5.41, 5.74) is -0.313. The second-order valence-corrected chi connectivity index (χ2v) is 5.81. The first-order valence-corrected chi connectivity index (χ1v) is 7.01. The Morgan fingerprint density at radius 3 is 2.80 bits per heavy atom. The van der Waals surface area contributed by atoms with E-state index in [1.165, 1.54) is 12.1 Å². The van der Waals surface area contributed by atoms with Crippen LogP contribution in [0.25, 0.3) is 0 Å². The number of carbonyl (C=O) groups is 1. The smallest absolute Gasteiger partial charge is 0.258 e. The third kappa shape index (κ3) is 2.06. The molecule has 4 nitrogen and oxygen atoms in total. The highest BCUT2D eigenvalue weighted by molar-refractivity contribution is 5.97. The van der Waals surface area contributed by atoms with Gasteiger partial charge in [-0.05, 0) is 43.2 Å². The minimum absolute atomic E-state index is 0.0371. The lowest BCUT2D eigenvalue weighted by atomic mass is 9.85. The van der Waals surface area contributed by atoms with Gasteiger partial charge in [-0.25, -0.2) is 4.39 Å². The summed E-state index contributed by atoms with van der Waals surface area (Å²) in [5.74, 6) is -0.833. The van der Waals surface area contributed by atoms with E-state index in [0.717, 1.165) is 25.3 Å². The highest BCUT2D eigenvalue weighted by atomic mass is 19.1. The van der Waals surface area contributed by atoms with E-state index in [9.17, 15) is 19.4 Å². The van der Waals surface area contributed by atoms with Gasteiger partial charge in [0.15, 0.2) is 0 Å². The number of benzene rings is 1. The highest BCUT2D eigenvalue weighted by Crippen LogP contribution is 2.48. The molecule has 2 fully saturated rings. The molecule has 0 aromatic heterocycles. The van der Waals surface area contributed by atoms with Crippen LogP contribution < -0.4 is 5.32 Å². The van der Waals surface area contributed by atoms with Gasteiger partial charge in [-0.1, -0.05) is 6.07 Å². The summed E-state index contributed by atoms with van der Waals surface area (Å²) in [6.07, 6.45) is 3.14. The Balaban J connectivity index is 1.79. The van der Waals surface area contributed by atoms with Crippen LogP contribution in [-0.2, 0) is 0 Å². The van der Waals surface area contributed by atoms with Gasteiger partial charge in [0.2, 0.25) is 0 Å². The summed E-state index contributed by atoms with van der Waals surface area (Å²) in [6, 6.07) is 3.68. The Bertz CT molecular complexity index is 514. The summed E-state index contributed by atoms with van der Waals surface area (Å²) < 4.78 is 13.7. The molecule has 2 aliphatic carbocycles. The lowest BCUT2D eigenvalue weighted by Gasteiger charge is -2.30. The van der Waals surface area contributed by atoms with Gasteiger partial charge in [0, 0.05) is 18.6 Å². The van der Waals surface area contributed by atoms with Crippen LogP contribution in [0.1, 0.15) is 29.6 Å². The fraction of sp³-hybridized carbons (Fsp3) is 0.533. The first-order valence-electron chi connectivity index (χ1n) is 7.01. The van der Waals surface area contributed by atoms with Gasteiger partial charge >= 0.3 is 0 Å². The number of rotatable bonds is 3. The monoisotopic (exact) mass is 279 g/mol. The van der Waals surface area contributed by atoms with Gasteiger partial charge in [-0.2, -0.15) is 0 Å². The maximum absolute atomic E-state index is 13.7. The van der Waals surface area contributed by atoms with Crippen LogP contribution in [0, 0.1) is 23.6 Å². The van der Waals surface area contributed by atoms with E-state index < -0.39 is 11.7 Å². The van der Waals surface area contributed by atoms with Crippen LogP contribution in [0.3, 0.4) is 0 Å². The van der Waals surface area contributed by atoms with Crippen LogP contribution in [0.2, 0.25) is 0 Å². The van der Waals surface area contributed by atoms with Gasteiger partial charge < -0.3 is 15.5 Å². The summed E-state index contributed by atoms with van der Waals surface area (Å²) in [6.45, 7) is 0.0371. The van der Waals surface area contributed by atoms with Crippen molar-refractivity contribution in [3.8, 4) is 5.75 Å². The number of fused-ring (bicyclic) bond motifs is 2. The van der Waals surface area contributed by atoms with E-state index in [-0.39, 0.29) is 29.9 Å². The Hall–Kier alpha value is -1.62. The van der Waals surface area contributed by atoms with Crippen molar-refractivity contribution in [2.75, 3.05) is 6.61 Å². The lowest BCUT2D eigenvalue weighted by molar-refractivity contribution is 0.0855. The van der Waals surface area contributed by atoms with Crippen LogP contribution >= 0.6 is 0 Å². The molecular formula is C15H18FNO3. The summed E-state index contributed by atoms with van der Waals surface area (Å²) in [4.78, 5) is 12.2. The third-order valence-electron chi connectivity index (χ3n) is 4.82. The Morgan fingerprint density at radius 1 is 1.35 bits per heavy atom. The van der Waals surface area contributed by atoms with Crippen LogP contribution in [-0.4, -0.2) is 28.8 Å². The number of hydrogen-bond donors (Lipinski definition) is 3. The molecule has 5 heteroatoms. The molecule has 3 N–H and O–H groups in total. The van der Waals surface area contributed by atoms with E-state index in [1.54, 1.807) is 0 Å². The van der Waals surface area contributed by atoms with Gasteiger partial charge in [0.1, 0.15) is 17.1 Å². The summed E-state index contributed by atoms with van der Waals surface area (Å²) >= 11 is 0. The Morgan fingerprint density at radius 2 is 2.10 bits per heavy atom. The van der Waals surface area contributed by atoms with Crippen LogP contribution in [0.15, 0.2) is 18.2 Å². The van der Waals surface area contributed by atoms with Crippen molar-refractivity contribution < 1.29 is 19.4 Å². The number of phenolic OH excluding ortho intramolecular Hbond substituents is 1. The average Bonchev–Trinajstić information content (AvgIpc) is 2.99. The summed E-state index contributed by atoms with van der Waals surface area (Å²) in [7, 11) is 0. The van der Waals surface area contributed by atoms with Crippen molar-refractivity contribution in [3.05, 3.63) is 29.6 Å². The zero-order valence-electron chi connectivity index (χ0n) is 11.1. The predicted molar refractivity (Wildman–Crippen MR) is 70.7 cm³/mol. The largest absolute Gasteiger partial charge is 0.507 e. The van der Waals surface area contributed by atoms with Gasteiger partial charge in [-0.15, -0.1) is 0 Å². The standard InChI is InChI=1S/C15H18FNO3/c16-11-2-1-3-12(19)13(11)15(20)17-14-9-5-4-8(6-9)10(14)7-18/h1-3,8-10,14,18-19H,4-7H2,(H,17,20)/t8-,9-,10+,14-/m0/s1. The quantitative estimate of drug-likeness (QED) is 0.788. The van der Waals surface area contributed by atoms with Gasteiger partial charge in [-0.3, -0.25) is 4.79 Å². The van der Waals surface area contributed by atoms with Crippen molar-refractivity contribution in [1.82, 2.24) is 5.32 Å². The van der Waals surface area contributed by atoms with E-state index in [4.69, 9.17) is 0 Å². The molecule has 0 heterocycles. The number of halogens is 1. The molecular weight excluding hydrogens is 261 g/mol. The molecule has 0 aliphatic heterocycles. The topological polar surface area (TPSA) is 69.6 Å². The molecule has 0 spiro atoms. The zero-order chi connectivity index (χ0) is 14.3. The first-order chi connectivity index (χ1) is 9.61. The zero-order valence-corrected chi connectivity index (χ0v) is 11.1. The second-order valence-electron chi connectivity index (χ2n) is 5.81. The molecule has 1 aromatic rings. The maximum atomic E-state index is 13.7. The SMILES string of the molecule is O=C(N[C@H]1[C@H]2CC[C@@H](C2)[C@H]1CO)c1c(O)cccc1F. The van der Waals surface area contributed by atoms with E-state index in [2.05, 4.69) is 5.32 Å². The van der Waals surface area contributed by atoms with Gasteiger partial charge in [0.25, 0.3) is 5.91 Å². The van der Waals surface area contributed by atoms with Crippen molar-refractivity contribution in [3.63, 3.8) is 0 Å². The number of aromatic hydroxyl groups is 1. The Kier molecular flexibility index (Phi) is 3.38. The number of hydrogen-bond acceptors (Lipinski definition) is 3. The van der Waals surface area contributed by atoms with Crippen LogP contribution in [0.4, 0.5) is 4.39 Å². The van der Waals surface area contributed by atoms with Crippen molar-refractivity contribution in [1.29, 1.82) is 0 Å². The minimum atomic E-state index is -0.730. The van der Waals surface area contributed by atoms with Gasteiger partial charge in [0.05, 0.1) is 0 Å². The number of nitrogens with one attached hydrogen (secondary N) is 1. The number of aliphatic hydroxyl groups excluding tert-OH is 1. The Labute approximate surface area is 116 Å². The van der Waals surface area contributed by atoms with E-state index in [1.807, 2.05) is 0 Å². The number of amides is 1. The molecule has 0 unspecified atom stereocenters. The molecule has 2 saturated carbocycles. The van der Waals surface area contributed by atoms with E-state index >= 15 is 0 Å². The molecule has 20 heavy (non-hydrogen) atoms. The molecule has 3 rings (SSSR count). The molecule has 0 radical (unpaired) electrons. The predicted octanol–water partition coefficient (Wildman–Crippen LogP) is 1.67. The van der Waals surface area contributed by atoms with E-state index in [0.29, 0.717) is 11.8 Å². The van der Waals surface area contributed by atoms with Crippen LogP contribution in [0.5, 0.6) is 5.75 Å². The number of carbonyl (C=O) groups excluding carboxylic acids is 1. The number of aliphatic hydroxyl groups is 1. The first kappa shape index (κ1) is 13.4. The lowest BCUT2D eigenvalue weighted by Crippen LogP contribution is -2.45. The molecule has 4 atom stereocenters. The highest BCUT2D eigenvalue weighted by Gasteiger charge is 2.47. The molecule has 1 aromatic carbocycles. The van der Waals surface area contributed by atoms with Crippen molar-refractivity contribution >= 4 is 5.91 Å². The minimum Gasteiger partial charge on any atom is -0.507 e. The molecule has 0 saturated heterocycles. The van der Waals surface area contributed by atoms with Crippen molar-refractivity contribution in [2.24, 2.45) is 17.8 Å².